The van der Waals surface area contributed by atoms with Gasteiger partial charge in [-0.25, -0.2) is 8.42 Å². The van der Waals surface area contributed by atoms with Crippen molar-refractivity contribution in [2.75, 3.05) is 69.9 Å². The van der Waals surface area contributed by atoms with Crippen molar-refractivity contribution in [3.8, 4) is 5.75 Å². The molecule has 9 nitrogen and oxygen atoms in total. The molecule has 0 radical (unpaired) electrons. The predicted octanol–water partition coefficient (Wildman–Crippen LogP) is 2.04. The number of morpholine rings is 2. The van der Waals surface area contributed by atoms with Crippen LogP contribution in [-0.2, 0) is 30.7 Å². The predicted molar refractivity (Wildman–Crippen MR) is 129 cm³/mol. The van der Waals surface area contributed by atoms with E-state index in [0.717, 1.165) is 16.8 Å². The number of ether oxygens (including phenoxy) is 3. The molecular weight excluding hydrogens is 458 g/mol. The number of carbonyl (C=O) groups excluding carboxylic acids is 1. The number of hydrogen-bond acceptors (Lipinski definition) is 7. The number of nitrogens with one attached hydrogen (secondary N) is 1. The van der Waals surface area contributed by atoms with E-state index in [-0.39, 0.29) is 17.2 Å². The van der Waals surface area contributed by atoms with Gasteiger partial charge in [-0.05, 0) is 31.2 Å². The number of nitrogens with zero attached hydrogens (tertiary/aromatic N) is 2. The molecule has 0 saturated carbocycles. The number of benzene rings is 2. The molecule has 0 aliphatic carbocycles. The van der Waals surface area contributed by atoms with Gasteiger partial charge in [0.25, 0.3) is 0 Å². The molecule has 2 aromatic rings. The van der Waals surface area contributed by atoms with Crippen LogP contribution in [0.2, 0.25) is 0 Å². The maximum atomic E-state index is 13.2. The molecule has 0 atom stereocenters. The minimum Gasteiger partial charge on any atom is -0.496 e. The molecule has 2 aliphatic rings. The van der Waals surface area contributed by atoms with E-state index in [4.69, 9.17) is 14.2 Å². The van der Waals surface area contributed by atoms with Crippen molar-refractivity contribution in [1.82, 2.24) is 4.31 Å². The summed E-state index contributed by atoms with van der Waals surface area (Å²) < 4.78 is 44.0. The third kappa shape index (κ3) is 5.52. The lowest BCUT2D eigenvalue weighted by atomic mass is 10.1. The van der Waals surface area contributed by atoms with E-state index in [1.54, 1.807) is 25.3 Å². The Hall–Kier alpha value is -2.66. The average Bonchev–Trinajstić information content (AvgIpc) is 2.85. The number of sulfonamides is 1. The zero-order valence-electron chi connectivity index (χ0n) is 19.6. The van der Waals surface area contributed by atoms with Crippen molar-refractivity contribution in [1.29, 1.82) is 0 Å². The molecule has 0 aromatic heterocycles. The molecular formula is C24H31N3O6S. The van der Waals surface area contributed by atoms with Crippen molar-refractivity contribution in [3.63, 3.8) is 0 Å². The molecule has 0 unspecified atom stereocenters. The normalized spacial score (nSPS) is 17.4. The molecule has 0 bridgehead atoms. The van der Waals surface area contributed by atoms with Gasteiger partial charge in [0.05, 0.1) is 56.2 Å². The first-order valence-corrected chi connectivity index (χ1v) is 12.8. The van der Waals surface area contributed by atoms with Gasteiger partial charge in [-0.15, -0.1) is 0 Å². The lowest BCUT2D eigenvalue weighted by molar-refractivity contribution is -0.115. The highest BCUT2D eigenvalue weighted by Crippen LogP contribution is 2.31. The number of amides is 1. The Balaban J connectivity index is 1.63. The molecule has 2 fully saturated rings. The van der Waals surface area contributed by atoms with E-state index in [2.05, 4.69) is 10.2 Å². The van der Waals surface area contributed by atoms with Crippen LogP contribution in [0.15, 0.2) is 41.3 Å². The van der Waals surface area contributed by atoms with Crippen LogP contribution in [0.4, 0.5) is 11.4 Å². The molecule has 2 heterocycles. The molecule has 10 heteroatoms. The van der Waals surface area contributed by atoms with Crippen molar-refractivity contribution in [2.45, 2.75) is 18.2 Å². The lowest BCUT2D eigenvalue weighted by Gasteiger charge is -2.31. The van der Waals surface area contributed by atoms with E-state index < -0.39 is 10.0 Å². The molecule has 0 spiro atoms. The van der Waals surface area contributed by atoms with Crippen LogP contribution in [0.5, 0.6) is 5.75 Å². The summed E-state index contributed by atoms with van der Waals surface area (Å²) in [5.41, 5.74) is 3.03. The van der Waals surface area contributed by atoms with Crippen LogP contribution in [0.25, 0.3) is 0 Å². The maximum Gasteiger partial charge on any atom is 0.243 e. The van der Waals surface area contributed by atoms with Gasteiger partial charge in [-0.2, -0.15) is 4.31 Å². The summed E-state index contributed by atoms with van der Waals surface area (Å²) in [6, 6.07) is 10.6. The largest absolute Gasteiger partial charge is 0.496 e. The molecule has 4 rings (SSSR count). The summed E-state index contributed by atoms with van der Waals surface area (Å²) in [6.45, 7) is 5.76. The van der Waals surface area contributed by atoms with E-state index in [1.165, 1.54) is 4.31 Å². The maximum absolute atomic E-state index is 13.2. The Kier molecular flexibility index (Phi) is 7.72. The standard InChI is InChI=1S/C24H31N3O6S/c1-18-3-6-23(31-2)19(15-18)16-24(28)25-21-17-20(34(29,30)27-9-13-33-14-10-27)4-5-22(21)26-7-11-32-12-8-26/h3-6,15,17H,7-14,16H2,1-2H3,(H,25,28). The smallest absolute Gasteiger partial charge is 0.243 e. The molecule has 34 heavy (non-hydrogen) atoms. The van der Waals surface area contributed by atoms with Crippen molar-refractivity contribution < 1.29 is 27.4 Å². The van der Waals surface area contributed by atoms with Crippen LogP contribution < -0.4 is 15.0 Å². The van der Waals surface area contributed by atoms with E-state index in [1.807, 2.05) is 25.1 Å². The first-order valence-electron chi connectivity index (χ1n) is 11.4. The van der Waals surface area contributed by atoms with Crippen molar-refractivity contribution >= 4 is 27.3 Å². The second-order valence-corrected chi connectivity index (χ2v) is 10.3. The lowest BCUT2D eigenvalue weighted by Crippen LogP contribution is -2.40. The van der Waals surface area contributed by atoms with E-state index in [0.29, 0.717) is 64.0 Å². The molecule has 184 valence electrons. The fourth-order valence-corrected chi connectivity index (χ4v) is 5.64. The Bertz CT molecular complexity index is 1130. The van der Waals surface area contributed by atoms with Crippen LogP contribution >= 0.6 is 0 Å². The third-order valence-corrected chi connectivity index (χ3v) is 7.88. The first kappa shape index (κ1) is 24.5. The highest BCUT2D eigenvalue weighted by Gasteiger charge is 2.28. The second-order valence-electron chi connectivity index (χ2n) is 8.34. The number of rotatable bonds is 7. The fourth-order valence-electron chi connectivity index (χ4n) is 4.20. The van der Waals surface area contributed by atoms with Gasteiger partial charge in [-0.1, -0.05) is 17.7 Å². The quantitative estimate of drug-likeness (QED) is 0.636. The summed E-state index contributed by atoms with van der Waals surface area (Å²) in [7, 11) is -2.13. The SMILES string of the molecule is COc1ccc(C)cc1CC(=O)Nc1cc(S(=O)(=O)N2CCOCC2)ccc1N1CCOCC1. The molecule has 2 saturated heterocycles. The molecule has 2 aromatic carbocycles. The zero-order chi connectivity index (χ0) is 24.1. The Morgan fingerprint density at radius 3 is 2.35 bits per heavy atom. The summed E-state index contributed by atoms with van der Waals surface area (Å²) in [4.78, 5) is 15.3. The Labute approximate surface area is 200 Å². The topological polar surface area (TPSA) is 97.4 Å². The number of methoxy groups -OCH3 is 1. The highest BCUT2D eigenvalue weighted by atomic mass is 32.2. The van der Waals surface area contributed by atoms with Gasteiger partial charge in [0, 0.05) is 31.7 Å². The highest BCUT2D eigenvalue weighted by molar-refractivity contribution is 7.89. The number of hydrogen-bond donors (Lipinski definition) is 1. The zero-order valence-corrected chi connectivity index (χ0v) is 20.4. The third-order valence-electron chi connectivity index (χ3n) is 5.99. The number of aryl methyl sites for hydroxylation is 1. The van der Waals surface area contributed by atoms with Gasteiger partial charge < -0.3 is 24.4 Å². The van der Waals surface area contributed by atoms with Gasteiger partial charge in [0.1, 0.15) is 5.75 Å². The van der Waals surface area contributed by atoms with Gasteiger partial charge in [0.2, 0.25) is 15.9 Å². The van der Waals surface area contributed by atoms with Crippen molar-refractivity contribution in [2.24, 2.45) is 0 Å². The summed E-state index contributed by atoms with van der Waals surface area (Å²) in [6.07, 6.45) is 0.105. The molecule has 2 aliphatic heterocycles. The minimum atomic E-state index is -3.70. The minimum absolute atomic E-state index is 0.105. The summed E-state index contributed by atoms with van der Waals surface area (Å²) >= 11 is 0. The van der Waals surface area contributed by atoms with Crippen LogP contribution in [0, 0.1) is 6.92 Å². The van der Waals surface area contributed by atoms with E-state index >= 15 is 0 Å². The monoisotopic (exact) mass is 489 g/mol. The number of carbonyl (C=O) groups is 1. The van der Waals surface area contributed by atoms with Gasteiger partial charge in [0.15, 0.2) is 0 Å². The molecule has 1 N–H and O–H groups in total. The summed E-state index contributed by atoms with van der Waals surface area (Å²) in [5, 5.41) is 2.96. The van der Waals surface area contributed by atoms with Crippen molar-refractivity contribution in [3.05, 3.63) is 47.5 Å². The Morgan fingerprint density at radius 1 is 1.00 bits per heavy atom. The second kappa shape index (κ2) is 10.7. The van der Waals surface area contributed by atoms with Gasteiger partial charge >= 0.3 is 0 Å². The van der Waals surface area contributed by atoms with E-state index in [9.17, 15) is 13.2 Å². The molecule has 1 amide bonds. The Morgan fingerprint density at radius 2 is 1.68 bits per heavy atom. The fraction of sp³-hybridized carbons (Fsp3) is 0.458. The first-order chi connectivity index (χ1) is 16.4. The average molecular weight is 490 g/mol. The summed E-state index contributed by atoms with van der Waals surface area (Å²) in [5.74, 6) is 0.386. The van der Waals surface area contributed by atoms with Crippen LogP contribution in [0.1, 0.15) is 11.1 Å². The van der Waals surface area contributed by atoms with Crippen LogP contribution in [0.3, 0.4) is 0 Å². The number of anilines is 2. The van der Waals surface area contributed by atoms with Gasteiger partial charge in [-0.3, -0.25) is 4.79 Å². The van der Waals surface area contributed by atoms with Crippen LogP contribution in [-0.4, -0.2) is 78.3 Å².